The highest BCUT2D eigenvalue weighted by Gasteiger charge is 2.47. The van der Waals surface area contributed by atoms with Gasteiger partial charge in [-0.05, 0) is 77.9 Å². The minimum atomic E-state index is 0.253. The third-order valence-corrected chi connectivity index (χ3v) is 5.83. The molecule has 0 amide bonds. The van der Waals surface area contributed by atoms with Crippen molar-refractivity contribution in [3.05, 3.63) is 27.7 Å². The third-order valence-electron chi connectivity index (χ3n) is 4.39. The molecule has 3 rings (SSSR count). The number of hydrogen-bond acceptors (Lipinski definition) is 1. The smallest absolute Gasteiger partial charge is 0.171 e. The van der Waals surface area contributed by atoms with Crippen molar-refractivity contribution in [3.8, 4) is 0 Å². The van der Waals surface area contributed by atoms with Crippen LogP contribution in [0, 0.1) is 5.92 Å². The molecule has 0 spiro atoms. The monoisotopic (exact) mass is 372 g/mol. The molecule has 20 heavy (non-hydrogen) atoms. The number of halogens is 2. The van der Waals surface area contributed by atoms with Gasteiger partial charge in [-0.1, -0.05) is 24.4 Å². The van der Waals surface area contributed by atoms with Crippen LogP contribution >= 0.6 is 39.7 Å². The second kappa shape index (κ2) is 5.82. The Bertz CT molecular complexity index is 525. The second-order valence-corrected chi connectivity index (χ2v) is 7.52. The zero-order valence-electron chi connectivity index (χ0n) is 11.2. The van der Waals surface area contributed by atoms with Gasteiger partial charge in [0.1, 0.15) is 0 Å². The molecule has 0 heterocycles. The lowest BCUT2D eigenvalue weighted by Crippen LogP contribution is -2.49. The molecule has 0 atom stereocenters. The number of hydrogen-bond donors (Lipinski definition) is 2. The summed E-state index contributed by atoms with van der Waals surface area (Å²) in [6.07, 6.45) is 7.83. The highest BCUT2D eigenvalue weighted by Crippen LogP contribution is 2.48. The highest BCUT2D eigenvalue weighted by molar-refractivity contribution is 9.10. The molecule has 2 aliphatic rings. The molecular formula is C15H18BrClN2S. The Morgan fingerprint density at radius 1 is 1.30 bits per heavy atom. The van der Waals surface area contributed by atoms with Crippen LogP contribution in [0.25, 0.3) is 0 Å². The van der Waals surface area contributed by atoms with E-state index in [2.05, 4.69) is 26.6 Å². The van der Waals surface area contributed by atoms with Gasteiger partial charge in [-0.25, -0.2) is 0 Å². The van der Waals surface area contributed by atoms with Crippen molar-refractivity contribution in [1.29, 1.82) is 0 Å². The van der Waals surface area contributed by atoms with Gasteiger partial charge in [0.05, 0.1) is 5.02 Å². The Balaban J connectivity index is 1.65. The molecule has 2 saturated carbocycles. The van der Waals surface area contributed by atoms with E-state index in [9.17, 15) is 0 Å². The minimum absolute atomic E-state index is 0.253. The fourth-order valence-electron chi connectivity index (χ4n) is 3.24. The zero-order chi connectivity index (χ0) is 14.2. The lowest BCUT2D eigenvalue weighted by atomic mass is 9.91. The summed E-state index contributed by atoms with van der Waals surface area (Å²) < 4.78 is 0.897. The summed E-state index contributed by atoms with van der Waals surface area (Å²) in [7, 11) is 0. The first-order valence-corrected chi connectivity index (χ1v) is 8.71. The molecule has 0 bridgehead atoms. The van der Waals surface area contributed by atoms with Crippen molar-refractivity contribution in [2.24, 2.45) is 5.92 Å². The van der Waals surface area contributed by atoms with Crippen LogP contribution < -0.4 is 10.6 Å². The SMILES string of the molecule is S=C(Nc1ccc(Br)c(Cl)c1)NC1(C2CC2)CCCC1. The van der Waals surface area contributed by atoms with Crippen LogP contribution in [0.4, 0.5) is 5.69 Å². The average Bonchev–Trinajstić information content (AvgIpc) is 3.16. The van der Waals surface area contributed by atoms with Crippen LogP contribution in [-0.4, -0.2) is 10.7 Å². The molecule has 0 radical (unpaired) electrons. The normalized spacial score (nSPS) is 20.7. The molecule has 1 aromatic carbocycles. The standard InChI is InChI=1S/C15H18BrClN2S/c16-12-6-5-11(9-13(12)17)18-14(20)19-15(10-3-4-10)7-1-2-8-15/h5-6,9-10H,1-4,7-8H2,(H2,18,19,20). The molecule has 2 nitrogen and oxygen atoms in total. The van der Waals surface area contributed by atoms with Gasteiger partial charge in [0.2, 0.25) is 0 Å². The van der Waals surface area contributed by atoms with E-state index < -0.39 is 0 Å². The molecule has 0 aromatic heterocycles. The second-order valence-electron chi connectivity index (χ2n) is 5.85. The first kappa shape index (κ1) is 14.6. The molecule has 1 aromatic rings. The highest BCUT2D eigenvalue weighted by atomic mass is 79.9. The number of anilines is 1. The quantitative estimate of drug-likeness (QED) is 0.720. The molecule has 2 fully saturated rings. The van der Waals surface area contributed by atoms with Crippen molar-refractivity contribution >= 4 is 50.5 Å². The summed E-state index contributed by atoms with van der Waals surface area (Å²) in [5.41, 5.74) is 1.18. The lowest BCUT2D eigenvalue weighted by Gasteiger charge is -2.32. The summed E-state index contributed by atoms with van der Waals surface area (Å²) in [6.45, 7) is 0. The zero-order valence-corrected chi connectivity index (χ0v) is 14.4. The summed E-state index contributed by atoms with van der Waals surface area (Å²) in [5.74, 6) is 0.818. The third kappa shape index (κ3) is 3.12. The van der Waals surface area contributed by atoms with E-state index in [4.69, 9.17) is 23.8 Å². The van der Waals surface area contributed by atoms with Crippen LogP contribution in [0.2, 0.25) is 5.02 Å². The average molecular weight is 374 g/mol. The lowest BCUT2D eigenvalue weighted by molar-refractivity contribution is 0.340. The number of thiocarbonyl (C=S) groups is 1. The predicted molar refractivity (Wildman–Crippen MR) is 92.4 cm³/mol. The van der Waals surface area contributed by atoms with E-state index in [1.807, 2.05) is 18.2 Å². The maximum atomic E-state index is 6.10. The topological polar surface area (TPSA) is 24.1 Å². The Labute approximate surface area is 138 Å². The van der Waals surface area contributed by atoms with E-state index in [0.29, 0.717) is 5.02 Å². The Morgan fingerprint density at radius 2 is 2.00 bits per heavy atom. The number of benzene rings is 1. The van der Waals surface area contributed by atoms with Crippen LogP contribution in [0.5, 0.6) is 0 Å². The van der Waals surface area contributed by atoms with E-state index in [1.54, 1.807) is 0 Å². The van der Waals surface area contributed by atoms with E-state index >= 15 is 0 Å². The van der Waals surface area contributed by atoms with Gasteiger partial charge in [0.15, 0.2) is 5.11 Å². The van der Waals surface area contributed by atoms with Crippen molar-refractivity contribution < 1.29 is 0 Å². The summed E-state index contributed by atoms with van der Waals surface area (Å²) >= 11 is 15.0. The van der Waals surface area contributed by atoms with Crippen LogP contribution in [-0.2, 0) is 0 Å². The van der Waals surface area contributed by atoms with Crippen molar-refractivity contribution in [3.63, 3.8) is 0 Å². The number of nitrogens with one attached hydrogen (secondary N) is 2. The van der Waals surface area contributed by atoms with Gasteiger partial charge >= 0.3 is 0 Å². The fraction of sp³-hybridized carbons (Fsp3) is 0.533. The predicted octanol–water partition coefficient (Wildman–Crippen LogP) is 5.11. The molecule has 0 unspecified atom stereocenters. The molecule has 0 saturated heterocycles. The van der Waals surface area contributed by atoms with Gasteiger partial charge in [-0.2, -0.15) is 0 Å². The van der Waals surface area contributed by atoms with Crippen LogP contribution in [0.15, 0.2) is 22.7 Å². The maximum Gasteiger partial charge on any atom is 0.171 e. The van der Waals surface area contributed by atoms with Gasteiger partial charge in [-0.3, -0.25) is 0 Å². The van der Waals surface area contributed by atoms with E-state index in [1.165, 1.54) is 38.5 Å². The van der Waals surface area contributed by atoms with E-state index in [0.717, 1.165) is 21.2 Å². The minimum Gasteiger partial charge on any atom is -0.357 e. The Hall–Kier alpha value is -0.320. The van der Waals surface area contributed by atoms with Crippen molar-refractivity contribution in [1.82, 2.24) is 5.32 Å². The molecule has 5 heteroatoms. The van der Waals surface area contributed by atoms with Crippen LogP contribution in [0.1, 0.15) is 38.5 Å². The Kier molecular flexibility index (Phi) is 4.25. The molecule has 2 N–H and O–H groups in total. The molecule has 2 aliphatic carbocycles. The fourth-order valence-corrected chi connectivity index (χ4v) is 3.99. The van der Waals surface area contributed by atoms with E-state index in [-0.39, 0.29) is 5.54 Å². The first-order valence-electron chi connectivity index (χ1n) is 7.13. The van der Waals surface area contributed by atoms with Gasteiger partial charge in [0.25, 0.3) is 0 Å². The summed E-state index contributed by atoms with van der Waals surface area (Å²) in [6, 6.07) is 5.79. The maximum absolute atomic E-state index is 6.10. The molecule has 0 aliphatic heterocycles. The summed E-state index contributed by atoms with van der Waals surface area (Å²) in [4.78, 5) is 0. The van der Waals surface area contributed by atoms with Gasteiger partial charge in [-0.15, -0.1) is 0 Å². The largest absolute Gasteiger partial charge is 0.357 e. The Morgan fingerprint density at radius 3 is 2.60 bits per heavy atom. The summed E-state index contributed by atoms with van der Waals surface area (Å²) in [5, 5.41) is 8.27. The van der Waals surface area contributed by atoms with Crippen LogP contribution in [0.3, 0.4) is 0 Å². The van der Waals surface area contributed by atoms with Crippen molar-refractivity contribution in [2.75, 3.05) is 5.32 Å². The molecular weight excluding hydrogens is 356 g/mol. The van der Waals surface area contributed by atoms with Gasteiger partial charge < -0.3 is 10.6 Å². The number of rotatable bonds is 3. The first-order chi connectivity index (χ1) is 9.59. The van der Waals surface area contributed by atoms with Crippen molar-refractivity contribution in [2.45, 2.75) is 44.1 Å². The van der Waals surface area contributed by atoms with Gasteiger partial charge in [0, 0.05) is 15.7 Å². The molecule has 108 valence electrons.